The first kappa shape index (κ1) is 21.9. The molecule has 1 aliphatic rings. The molecule has 0 aromatic rings. The fourth-order valence-electron chi connectivity index (χ4n) is 2.51. The maximum absolute atomic E-state index is 10.4. The number of ether oxygens (including phenoxy) is 1. The summed E-state index contributed by atoms with van der Waals surface area (Å²) in [6.45, 7) is 13.2. The summed E-state index contributed by atoms with van der Waals surface area (Å²) in [6.07, 6.45) is 16.8. The summed E-state index contributed by atoms with van der Waals surface area (Å²) in [5.74, 6) is 2.44. The van der Waals surface area contributed by atoms with Crippen molar-refractivity contribution in [1.29, 1.82) is 0 Å². The van der Waals surface area contributed by atoms with Crippen LogP contribution in [0.25, 0.3) is 0 Å². The van der Waals surface area contributed by atoms with Crippen LogP contribution in [0.2, 0.25) is 18.1 Å². The molecule has 0 unspecified atom stereocenters. The Morgan fingerprint density at radius 2 is 2.04 bits per heavy atom. The molecule has 140 valence electrons. The van der Waals surface area contributed by atoms with Crippen molar-refractivity contribution in [2.75, 3.05) is 0 Å². The fraction of sp³-hybridized carbons (Fsp3) is 0.619. The molecular weight excluding hydrogens is 328 g/mol. The van der Waals surface area contributed by atoms with Gasteiger partial charge in [-0.3, -0.25) is 0 Å². The van der Waals surface area contributed by atoms with Crippen LogP contribution in [0.3, 0.4) is 0 Å². The molecule has 1 heterocycles. The molecule has 1 N–H and O–H groups in total. The third kappa shape index (κ3) is 6.60. The molecule has 0 spiro atoms. The topological polar surface area (TPSA) is 38.7 Å². The minimum atomic E-state index is -1.91. The predicted molar refractivity (Wildman–Crippen MR) is 108 cm³/mol. The van der Waals surface area contributed by atoms with Gasteiger partial charge < -0.3 is 14.3 Å². The van der Waals surface area contributed by atoms with E-state index in [9.17, 15) is 5.11 Å². The molecule has 0 aliphatic carbocycles. The quantitative estimate of drug-likeness (QED) is 0.408. The summed E-state index contributed by atoms with van der Waals surface area (Å²) in [4.78, 5) is 0. The molecule has 0 amide bonds. The van der Waals surface area contributed by atoms with E-state index in [4.69, 9.17) is 15.6 Å². The van der Waals surface area contributed by atoms with Crippen molar-refractivity contribution in [1.82, 2.24) is 0 Å². The summed E-state index contributed by atoms with van der Waals surface area (Å²) in [5.41, 5.74) is 0. The first-order valence-corrected chi connectivity index (χ1v) is 11.9. The average molecular weight is 363 g/mol. The van der Waals surface area contributed by atoms with Gasteiger partial charge in [0, 0.05) is 6.42 Å². The zero-order chi connectivity index (χ0) is 19.1. The van der Waals surface area contributed by atoms with Gasteiger partial charge in [-0.05, 0) is 37.6 Å². The van der Waals surface area contributed by atoms with Gasteiger partial charge in [0.05, 0.1) is 18.3 Å². The SMILES string of the molecule is C#C/C=C\C[C@@H](O)[C@@H]1C[C@H](O[Si](C)(C)C(C)(C)C)[C@@H](/C=C\C=C\C)O1. The standard InChI is InChI=1S/C21H34O3Si/c1-8-10-12-14-17(22)19-16-20(18(23-19)15-13-11-9-2)24-25(6,7)21(3,4)5/h1,9-13,15,17-20,22H,14,16H2,2-7H3/b11-9+,12-10-,15-13-/t17-,18-,19+,20+/m1/s1. The second-order valence-corrected chi connectivity index (χ2v) is 12.8. The van der Waals surface area contributed by atoms with Crippen LogP contribution in [-0.4, -0.2) is 37.8 Å². The van der Waals surface area contributed by atoms with Gasteiger partial charge in [-0.15, -0.1) is 6.42 Å². The number of hydrogen-bond acceptors (Lipinski definition) is 3. The molecule has 4 heteroatoms. The van der Waals surface area contributed by atoms with Crippen molar-refractivity contribution in [2.24, 2.45) is 0 Å². The Morgan fingerprint density at radius 1 is 1.36 bits per heavy atom. The number of allylic oxidation sites excluding steroid dienone is 4. The van der Waals surface area contributed by atoms with Gasteiger partial charge in [0.25, 0.3) is 0 Å². The Balaban J connectivity index is 2.87. The normalized spacial score (nSPS) is 26.7. The van der Waals surface area contributed by atoms with Gasteiger partial charge in [-0.25, -0.2) is 0 Å². The Morgan fingerprint density at radius 3 is 2.60 bits per heavy atom. The fourth-order valence-corrected chi connectivity index (χ4v) is 3.85. The molecule has 1 rings (SSSR count). The second-order valence-electron chi connectivity index (χ2n) is 8.07. The molecule has 0 aromatic carbocycles. The van der Waals surface area contributed by atoms with Crippen LogP contribution in [-0.2, 0) is 9.16 Å². The van der Waals surface area contributed by atoms with Crippen LogP contribution in [0.5, 0.6) is 0 Å². The lowest BCUT2D eigenvalue weighted by Gasteiger charge is -2.39. The number of aliphatic hydroxyl groups excluding tert-OH is 1. The maximum Gasteiger partial charge on any atom is 0.192 e. The number of hydrogen-bond donors (Lipinski definition) is 1. The van der Waals surface area contributed by atoms with Crippen LogP contribution in [0, 0.1) is 12.3 Å². The lowest BCUT2D eigenvalue weighted by molar-refractivity contribution is -0.0246. The summed E-state index contributed by atoms with van der Waals surface area (Å²) in [5, 5.41) is 10.5. The molecule has 0 bridgehead atoms. The molecule has 1 fully saturated rings. The van der Waals surface area contributed by atoms with E-state index >= 15 is 0 Å². The smallest absolute Gasteiger partial charge is 0.192 e. The highest BCUT2D eigenvalue weighted by Crippen LogP contribution is 2.40. The van der Waals surface area contributed by atoms with E-state index in [1.54, 1.807) is 12.2 Å². The summed E-state index contributed by atoms with van der Waals surface area (Å²) in [6, 6.07) is 0. The van der Waals surface area contributed by atoms with Crippen LogP contribution in [0.15, 0.2) is 36.5 Å². The lowest BCUT2D eigenvalue weighted by atomic mass is 10.0. The number of rotatable bonds is 7. The van der Waals surface area contributed by atoms with E-state index in [1.807, 2.05) is 31.2 Å². The first-order chi connectivity index (χ1) is 11.6. The van der Waals surface area contributed by atoms with Crippen molar-refractivity contribution >= 4 is 8.32 Å². The van der Waals surface area contributed by atoms with Gasteiger partial charge in [-0.1, -0.05) is 57.1 Å². The first-order valence-electron chi connectivity index (χ1n) is 9.04. The van der Waals surface area contributed by atoms with Crippen LogP contribution in [0.1, 0.15) is 40.5 Å². The molecule has 0 saturated carbocycles. The zero-order valence-corrected chi connectivity index (χ0v) is 17.5. The molecule has 4 atom stereocenters. The van der Waals surface area contributed by atoms with Gasteiger partial charge in [0.2, 0.25) is 0 Å². The largest absolute Gasteiger partial charge is 0.411 e. The Kier molecular flexibility index (Phi) is 8.36. The molecule has 3 nitrogen and oxygen atoms in total. The van der Waals surface area contributed by atoms with Crippen molar-refractivity contribution in [2.45, 2.75) is 83.1 Å². The van der Waals surface area contributed by atoms with Crippen molar-refractivity contribution in [3.63, 3.8) is 0 Å². The van der Waals surface area contributed by atoms with E-state index in [0.29, 0.717) is 12.8 Å². The average Bonchev–Trinajstić information content (AvgIpc) is 2.89. The summed E-state index contributed by atoms with van der Waals surface area (Å²) >= 11 is 0. The number of terminal acetylenes is 1. The second kappa shape index (κ2) is 9.54. The Bertz CT molecular complexity index is 534. The van der Waals surface area contributed by atoms with E-state index in [-0.39, 0.29) is 23.4 Å². The minimum Gasteiger partial charge on any atom is -0.411 e. The molecule has 1 saturated heterocycles. The number of aliphatic hydroxyl groups is 1. The van der Waals surface area contributed by atoms with Gasteiger partial charge in [-0.2, -0.15) is 0 Å². The third-order valence-corrected chi connectivity index (χ3v) is 9.54. The van der Waals surface area contributed by atoms with Gasteiger partial charge in [0.1, 0.15) is 6.10 Å². The van der Waals surface area contributed by atoms with E-state index in [2.05, 4.69) is 39.8 Å². The van der Waals surface area contributed by atoms with E-state index in [1.165, 1.54) is 0 Å². The summed E-state index contributed by atoms with van der Waals surface area (Å²) in [7, 11) is -1.91. The zero-order valence-electron chi connectivity index (χ0n) is 16.5. The summed E-state index contributed by atoms with van der Waals surface area (Å²) < 4.78 is 12.7. The van der Waals surface area contributed by atoms with Crippen LogP contribution in [0.4, 0.5) is 0 Å². The Labute approximate surface area is 154 Å². The molecular formula is C21H34O3Si. The molecule has 1 aliphatic heterocycles. The maximum atomic E-state index is 10.4. The van der Waals surface area contributed by atoms with Crippen molar-refractivity contribution < 1.29 is 14.3 Å². The van der Waals surface area contributed by atoms with Crippen LogP contribution >= 0.6 is 0 Å². The minimum absolute atomic E-state index is 0.0290. The lowest BCUT2D eigenvalue weighted by Crippen LogP contribution is -2.45. The predicted octanol–water partition coefficient (Wildman–Crippen LogP) is 4.61. The van der Waals surface area contributed by atoms with E-state index in [0.717, 1.165) is 0 Å². The van der Waals surface area contributed by atoms with Gasteiger partial charge in [0.15, 0.2) is 8.32 Å². The third-order valence-electron chi connectivity index (χ3n) is 5.04. The van der Waals surface area contributed by atoms with Gasteiger partial charge >= 0.3 is 0 Å². The highest BCUT2D eigenvalue weighted by atomic mass is 28.4. The molecule has 25 heavy (non-hydrogen) atoms. The highest BCUT2D eigenvalue weighted by Gasteiger charge is 2.45. The van der Waals surface area contributed by atoms with Crippen LogP contribution < -0.4 is 0 Å². The highest BCUT2D eigenvalue weighted by molar-refractivity contribution is 6.74. The van der Waals surface area contributed by atoms with Crippen molar-refractivity contribution in [3.05, 3.63) is 36.5 Å². The Hall–Kier alpha value is -1.12. The monoisotopic (exact) mass is 362 g/mol. The molecule has 0 radical (unpaired) electrons. The van der Waals surface area contributed by atoms with E-state index < -0.39 is 14.4 Å². The molecule has 0 aromatic heterocycles. The van der Waals surface area contributed by atoms with Crippen molar-refractivity contribution in [3.8, 4) is 12.3 Å².